The minimum absolute atomic E-state index is 0.388. The summed E-state index contributed by atoms with van der Waals surface area (Å²) < 4.78 is 4.86. The zero-order valence-electron chi connectivity index (χ0n) is 35.5. The lowest BCUT2D eigenvalue weighted by molar-refractivity contribution is 0.794. The lowest BCUT2D eigenvalue weighted by Gasteiger charge is -2.30. The van der Waals surface area contributed by atoms with Gasteiger partial charge in [0.05, 0.1) is 22.0 Å². The van der Waals surface area contributed by atoms with Crippen LogP contribution in [-0.2, 0) is 5.41 Å². The summed E-state index contributed by atoms with van der Waals surface area (Å²) in [4.78, 5) is 0. The van der Waals surface area contributed by atoms with Crippen molar-refractivity contribution in [1.29, 1.82) is 0 Å². The van der Waals surface area contributed by atoms with Gasteiger partial charge in [0.1, 0.15) is 0 Å². The van der Waals surface area contributed by atoms with Gasteiger partial charge in [0.2, 0.25) is 0 Å². The molecule has 0 fully saturated rings. The molecule has 2 heterocycles. The fourth-order valence-electron chi connectivity index (χ4n) is 11.6. The number of fused-ring (bicyclic) bond motifs is 15. The van der Waals surface area contributed by atoms with Crippen molar-refractivity contribution in [2.75, 3.05) is 0 Å². The first-order valence-corrected chi connectivity index (χ1v) is 22.6. The molecule has 65 heavy (non-hydrogen) atoms. The second kappa shape index (κ2) is 13.8. The molecule has 14 rings (SSSR count). The number of rotatable bonds is 5. The highest BCUT2D eigenvalue weighted by atomic mass is 15.0. The van der Waals surface area contributed by atoms with E-state index in [0.29, 0.717) is 0 Å². The number of hydrogen-bond acceptors (Lipinski definition) is 0. The molecule has 302 valence electrons. The van der Waals surface area contributed by atoms with Gasteiger partial charge in [-0.05, 0) is 132 Å². The molecule has 1 spiro atoms. The van der Waals surface area contributed by atoms with E-state index in [4.69, 9.17) is 0 Å². The minimum Gasteiger partial charge on any atom is -0.316 e. The van der Waals surface area contributed by atoms with E-state index in [0.717, 1.165) is 11.4 Å². The summed E-state index contributed by atoms with van der Waals surface area (Å²) in [5.41, 5.74) is 23.4. The van der Waals surface area contributed by atoms with E-state index < -0.39 is 0 Å². The highest BCUT2D eigenvalue weighted by Crippen LogP contribution is 2.63. The zero-order valence-corrected chi connectivity index (χ0v) is 35.5. The Balaban J connectivity index is 0.953. The summed E-state index contributed by atoms with van der Waals surface area (Å²) in [5, 5.41) is 3.71. The zero-order chi connectivity index (χ0) is 42.6. The molecule has 0 amide bonds. The highest BCUT2D eigenvalue weighted by molar-refractivity contribution is 6.18. The SMILES string of the molecule is c1ccc(-c2cc(-c3ccccc3)cc(-n3ccc4c3ccc3c5ccccc5n(-c5cccc(-c6ccc7c(c6)C6(c8ccccc8-c8ccccc86)c6ccccc6-7)c5)c34)c2)cc1. The van der Waals surface area contributed by atoms with Crippen LogP contribution >= 0.6 is 0 Å². The van der Waals surface area contributed by atoms with Gasteiger partial charge in [-0.3, -0.25) is 0 Å². The second-order valence-corrected chi connectivity index (χ2v) is 17.6. The van der Waals surface area contributed by atoms with Crippen LogP contribution in [0.2, 0.25) is 0 Å². The number of benzene rings is 10. The molecule has 0 N–H and O–H groups in total. The maximum atomic E-state index is 2.49. The van der Waals surface area contributed by atoms with Gasteiger partial charge in [0.25, 0.3) is 0 Å². The summed E-state index contributed by atoms with van der Waals surface area (Å²) in [6.07, 6.45) is 2.25. The molecule has 0 aliphatic heterocycles. The van der Waals surface area contributed by atoms with Crippen molar-refractivity contribution in [3.63, 3.8) is 0 Å². The van der Waals surface area contributed by atoms with Gasteiger partial charge in [0, 0.05) is 33.7 Å². The molecule has 0 saturated heterocycles. The predicted molar refractivity (Wildman–Crippen MR) is 270 cm³/mol. The maximum Gasteiger partial charge on any atom is 0.0725 e. The maximum absolute atomic E-state index is 2.49. The van der Waals surface area contributed by atoms with Crippen LogP contribution in [0.5, 0.6) is 0 Å². The summed E-state index contributed by atoms with van der Waals surface area (Å²) in [7, 11) is 0. The lowest BCUT2D eigenvalue weighted by atomic mass is 9.70. The third-order valence-electron chi connectivity index (χ3n) is 14.3. The molecule has 0 bridgehead atoms. The predicted octanol–water partition coefficient (Wildman–Crippen LogP) is 16.1. The summed E-state index contributed by atoms with van der Waals surface area (Å²) >= 11 is 0. The van der Waals surface area contributed by atoms with E-state index in [-0.39, 0.29) is 5.41 Å². The fraction of sp³-hybridized carbons (Fsp3) is 0.0159. The van der Waals surface area contributed by atoms with Crippen molar-refractivity contribution in [2.45, 2.75) is 5.41 Å². The van der Waals surface area contributed by atoms with Crippen LogP contribution in [0, 0.1) is 0 Å². The minimum atomic E-state index is -0.388. The number of aromatic nitrogens is 2. The van der Waals surface area contributed by atoms with Crippen molar-refractivity contribution in [3.8, 4) is 67.0 Å². The van der Waals surface area contributed by atoms with Gasteiger partial charge < -0.3 is 9.13 Å². The molecule has 0 saturated carbocycles. The van der Waals surface area contributed by atoms with Gasteiger partial charge in [0.15, 0.2) is 0 Å². The lowest BCUT2D eigenvalue weighted by Crippen LogP contribution is -2.25. The first-order chi connectivity index (χ1) is 32.2. The number of hydrogen-bond donors (Lipinski definition) is 0. The first kappa shape index (κ1) is 36.1. The van der Waals surface area contributed by atoms with Crippen LogP contribution < -0.4 is 0 Å². The Labute approximate surface area is 377 Å². The molecular formula is C63H40N2. The van der Waals surface area contributed by atoms with Gasteiger partial charge in [-0.1, -0.05) is 182 Å². The van der Waals surface area contributed by atoms with Crippen molar-refractivity contribution >= 4 is 32.7 Å². The highest BCUT2D eigenvalue weighted by Gasteiger charge is 2.51. The van der Waals surface area contributed by atoms with E-state index in [1.54, 1.807) is 0 Å². The number of nitrogens with zero attached hydrogens (tertiary/aromatic N) is 2. The van der Waals surface area contributed by atoms with Crippen molar-refractivity contribution in [3.05, 3.63) is 265 Å². The van der Waals surface area contributed by atoms with E-state index in [1.165, 1.54) is 111 Å². The van der Waals surface area contributed by atoms with E-state index in [2.05, 4.69) is 252 Å². The quantitative estimate of drug-likeness (QED) is 0.164. The third kappa shape index (κ3) is 5.11. The van der Waals surface area contributed by atoms with Gasteiger partial charge in [-0.2, -0.15) is 0 Å². The van der Waals surface area contributed by atoms with Gasteiger partial charge >= 0.3 is 0 Å². The van der Waals surface area contributed by atoms with Crippen LogP contribution in [0.25, 0.3) is 99.7 Å². The van der Waals surface area contributed by atoms with Gasteiger partial charge in [-0.25, -0.2) is 0 Å². The molecule has 2 nitrogen and oxygen atoms in total. The topological polar surface area (TPSA) is 9.86 Å². The summed E-state index contributed by atoms with van der Waals surface area (Å²) in [6.45, 7) is 0. The molecule has 2 aliphatic rings. The molecule has 2 aromatic heterocycles. The Morgan fingerprint density at radius 1 is 0.277 bits per heavy atom. The van der Waals surface area contributed by atoms with Crippen LogP contribution in [0.3, 0.4) is 0 Å². The molecule has 2 heteroatoms. The van der Waals surface area contributed by atoms with Crippen molar-refractivity contribution < 1.29 is 0 Å². The van der Waals surface area contributed by atoms with Crippen LogP contribution in [0.4, 0.5) is 0 Å². The molecule has 2 aliphatic carbocycles. The fourth-order valence-corrected chi connectivity index (χ4v) is 11.6. The van der Waals surface area contributed by atoms with E-state index >= 15 is 0 Å². The molecule has 0 atom stereocenters. The van der Waals surface area contributed by atoms with Crippen LogP contribution in [0.15, 0.2) is 243 Å². The normalized spacial score (nSPS) is 13.0. The molecule has 10 aromatic carbocycles. The van der Waals surface area contributed by atoms with Crippen molar-refractivity contribution in [2.24, 2.45) is 0 Å². The van der Waals surface area contributed by atoms with Gasteiger partial charge in [-0.15, -0.1) is 0 Å². The average Bonchev–Trinajstić information content (AvgIpc) is 4.13. The summed E-state index contributed by atoms with van der Waals surface area (Å²) in [6, 6.07) is 87.7. The second-order valence-electron chi connectivity index (χ2n) is 17.6. The molecule has 12 aromatic rings. The molecule has 0 radical (unpaired) electrons. The Hall–Kier alpha value is -8.46. The first-order valence-electron chi connectivity index (χ1n) is 22.6. The summed E-state index contributed by atoms with van der Waals surface area (Å²) in [5.74, 6) is 0. The standard InChI is InChI=1S/C63H40N2/c1-3-16-41(17-4-1)45-36-46(42-18-5-2-6-19-42)39-48(38-45)64-35-34-55-60(64)33-32-54-53-25-10-14-29-61(53)65(62(54)55)47-21-15-20-43(37-47)44-30-31-52-51-24-9-13-28-58(51)63(59(52)40-44)56-26-11-7-22-49(56)50-23-8-12-27-57(50)63/h1-40H. The largest absolute Gasteiger partial charge is 0.316 e. The van der Waals surface area contributed by atoms with E-state index in [1.807, 2.05) is 0 Å². The van der Waals surface area contributed by atoms with Crippen LogP contribution in [-0.4, -0.2) is 9.13 Å². The Morgan fingerprint density at radius 3 is 1.48 bits per heavy atom. The van der Waals surface area contributed by atoms with Crippen molar-refractivity contribution in [1.82, 2.24) is 9.13 Å². The smallest absolute Gasteiger partial charge is 0.0725 e. The third-order valence-corrected chi connectivity index (χ3v) is 14.3. The molecular weight excluding hydrogens is 785 g/mol. The Bertz CT molecular complexity index is 3760. The molecule has 0 unspecified atom stereocenters. The Morgan fingerprint density at radius 2 is 0.815 bits per heavy atom. The number of para-hydroxylation sites is 1. The monoisotopic (exact) mass is 824 g/mol. The average molecular weight is 825 g/mol. The van der Waals surface area contributed by atoms with E-state index in [9.17, 15) is 0 Å². The Kier molecular flexibility index (Phi) is 7.64. The van der Waals surface area contributed by atoms with Crippen LogP contribution in [0.1, 0.15) is 22.3 Å².